The molecule has 0 aliphatic carbocycles. The summed E-state index contributed by atoms with van der Waals surface area (Å²) in [6.07, 6.45) is 11.1. The molecule has 4 aromatic rings. The monoisotopic (exact) mass is 586 g/mol. The third-order valence-electron chi connectivity index (χ3n) is 7.38. The first kappa shape index (κ1) is 33.3. The molecule has 228 valence electrons. The van der Waals surface area contributed by atoms with E-state index in [2.05, 4.69) is 13.8 Å². The van der Waals surface area contributed by atoms with Gasteiger partial charge in [0.25, 0.3) is 0 Å². The summed E-state index contributed by atoms with van der Waals surface area (Å²) in [5.74, 6) is -1.76. The van der Waals surface area contributed by atoms with E-state index in [0.717, 1.165) is 54.9 Å². The van der Waals surface area contributed by atoms with Crippen LogP contribution in [-0.2, 0) is 6.42 Å². The molecule has 0 atom stereocenters. The van der Waals surface area contributed by atoms with Gasteiger partial charge in [0, 0.05) is 11.1 Å². The van der Waals surface area contributed by atoms with Gasteiger partial charge in [-0.15, -0.1) is 0 Å². The molecule has 0 aliphatic heterocycles. The minimum absolute atomic E-state index is 0.0829. The molecule has 4 rings (SSSR count). The fourth-order valence-corrected chi connectivity index (χ4v) is 4.93. The maximum atomic E-state index is 14.8. The quantitative estimate of drug-likeness (QED) is 0.135. The number of carboxylic acid groups (broad SMARTS) is 2. The number of unbranched alkanes of at least 4 members (excludes halogenated alkanes) is 7. The van der Waals surface area contributed by atoms with Gasteiger partial charge in [0.2, 0.25) is 0 Å². The Morgan fingerprint density at radius 2 is 1.37 bits per heavy atom. The summed E-state index contributed by atoms with van der Waals surface area (Å²) in [5.41, 5.74) is 2.02. The SMILES string of the molecule is CCCCCCCCOc1ccc(C(=O)O)c(-c2ccc(CCCCC)cc2F)c1.O=C(O)c1ccc2ccccc2c1. The molecule has 0 saturated carbocycles. The second-order valence-electron chi connectivity index (χ2n) is 10.8. The minimum atomic E-state index is -1.07. The number of ether oxygens (including phenoxy) is 1. The molecule has 0 radical (unpaired) electrons. The average Bonchev–Trinajstić information content (AvgIpc) is 3.00. The van der Waals surface area contributed by atoms with E-state index in [-0.39, 0.29) is 11.4 Å². The van der Waals surface area contributed by atoms with Crippen molar-refractivity contribution < 1.29 is 28.9 Å². The van der Waals surface area contributed by atoms with E-state index in [9.17, 15) is 19.1 Å². The molecule has 0 fully saturated rings. The number of hydrogen-bond acceptors (Lipinski definition) is 3. The van der Waals surface area contributed by atoms with Crippen LogP contribution in [0.1, 0.15) is 97.9 Å². The van der Waals surface area contributed by atoms with Crippen LogP contribution in [0.4, 0.5) is 4.39 Å². The maximum absolute atomic E-state index is 14.8. The molecule has 43 heavy (non-hydrogen) atoms. The number of aromatic carboxylic acids is 2. The highest BCUT2D eigenvalue weighted by molar-refractivity contribution is 5.96. The Morgan fingerprint density at radius 3 is 2.07 bits per heavy atom. The maximum Gasteiger partial charge on any atom is 0.336 e. The fourth-order valence-electron chi connectivity index (χ4n) is 4.93. The Morgan fingerprint density at radius 1 is 0.674 bits per heavy atom. The fraction of sp³-hybridized carbons (Fsp3) is 0.351. The van der Waals surface area contributed by atoms with Crippen molar-refractivity contribution >= 4 is 22.7 Å². The van der Waals surface area contributed by atoms with Gasteiger partial charge in [-0.05, 0) is 72.0 Å². The highest BCUT2D eigenvalue weighted by Gasteiger charge is 2.16. The van der Waals surface area contributed by atoms with Crippen molar-refractivity contribution in [3.05, 3.63) is 101 Å². The Kier molecular flexibility index (Phi) is 13.7. The summed E-state index contributed by atoms with van der Waals surface area (Å²) in [4.78, 5) is 22.3. The first-order chi connectivity index (χ1) is 20.8. The molecule has 0 saturated heterocycles. The van der Waals surface area contributed by atoms with Gasteiger partial charge in [0.15, 0.2) is 0 Å². The van der Waals surface area contributed by atoms with Gasteiger partial charge < -0.3 is 14.9 Å². The van der Waals surface area contributed by atoms with Gasteiger partial charge >= 0.3 is 11.9 Å². The summed E-state index contributed by atoms with van der Waals surface area (Å²) in [5, 5.41) is 20.3. The lowest BCUT2D eigenvalue weighted by Crippen LogP contribution is -2.03. The van der Waals surface area contributed by atoms with E-state index >= 15 is 0 Å². The van der Waals surface area contributed by atoms with Crippen LogP contribution in [0.3, 0.4) is 0 Å². The van der Waals surface area contributed by atoms with Gasteiger partial charge in [-0.2, -0.15) is 0 Å². The smallest absolute Gasteiger partial charge is 0.336 e. The van der Waals surface area contributed by atoms with Gasteiger partial charge in [-0.3, -0.25) is 0 Å². The summed E-state index contributed by atoms with van der Waals surface area (Å²) in [7, 11) is 0. The second kappa shape index (κ2) is 17.7. The van der Waals surface area contributed by atoms with Crippen molar-refractivity contribution in [1.82, 2.24) is 0 Å². The van der Waals surface area contributed by atoms with Crippen LogP contribution >= 0.6 is 0 Å². The third kappa shape index (κ3) is 10.5. The topological polar surface area (TPSA) is 83.8 Å². The number of carboxylic acids is 2. The van der Waals surface area contributed by atoms with Crippen LogP contribution in [0, 0.1) is 5.82 Å². The predicted octanol–water partition coefficient (Wildman–Crippen LogP) is 10.2. The van der Waals surface area contributed by atoms with E-state index in [0.29, 0.717) is 29.0 Å². The Labute approximate surface area is 254 Å². The zero-order chi connectivity index (χ0) is 31.0. The minimum Gasteiger partial charge on any atom is -0.494 e. The van der Waals surface area contributed by atoms with Crippen LogP contribution in [-0.4, -0.2) is 28.8 Å². The molecular formula is C37H43FO5. The summed E-state index contributed by atoms with van der Waals surface area (Å²) in [6, 6.07) is 22.7. The molecular weight excluding hydrogens is 543 g/mol. The molecule has 0 amide bonds. The molecule has 4 aromatic carbocycles. The highest BCUT2D eigenvalue weighted by Crippen LogP contribution is 2.31. The van der Waals surface area contributed by atoms with Crippen molar-refractivity contribution in [2.75, 3.05) is 6.61 Å². The lowest BCUT2D eigenvalue weighted by Gasteiger charge is -2.13. The van der Waals surface area contributed by atoms with Crippen molar-refractivity contribution in [3.8, 4) is 16.9 Å². The Bertz CT molecular complexity index is 1480. The first-order valence-electron chi connectivity index (χ1n) is 15.3. The van der Waals surface area contributed by atoms with E-state index < -0.39 is 11.9 Å². The first-order valence-corrected chi connectivity index (χ1v) is 15.3. The molecule has 0 aliphatic rings. The summed E-state index contributed by atoms with van der Waals surface area (Å²) >= 11 is 0. The molecule has 0 bridgehead atoms. The number of fused-ring (bicyclic) bond motifs is 1. The van der Waals surface area contributed by atoms with Crippen molar-refractivity contribution in [3.63, 3.8) is 0 Å². The van der Waals surface area contributed by atoms with Crippen molar-refractivity contribution in [2.45, 2.75) is 78.1 Å². The summed E-state index contributed by atoms with van der Waals surface area (Å²) < 4.78 is 20.7. The van der Waals surface area contributed by atoms with Crippen LogP contribution in [0.5, 0.6) is 5.75 Å². The number of carbonyl (C=O) groups is 2. The normalized spacial score (nSPS) is 10.7. The number of rotatable bonds is 15. The largest absolute Gasteiger partial charge is 0.494 e. The Hall–Kier alpha value is -4.19. The zero-order valence-electron chi connectivity index (χ0n) is 25.3. The molecule has 0 aromatic heterocycles. The van der Waals surface area contributed by atoms with Gasteiger partial charge in [0.05, 0.1) is 17.7 Å². The number of hydrogen-bond donors (Lipinski definition) is 2. The van der Waals surface area contributed by atoms with Gasteiger partial charge in [0.1, 0.15) is 11.6 Å². The van der Waals surface area contributed by atoms with Gasteiger partial charge in [-0.25, -0.2) is 14.0 Å². The molecule has 0 unspecified atom stereocenters. The molecule has 0 heterocycles. The number of aryl methyl sites for hydroxylation is 1. The van der Waals surface area contributed by atoms with Crippen LogP contribution < -0.4 is 4.74 Å². The summed E-state index contributed by atoms with van der Waals surface area (Å²) in [6.45, 7) is 4.92. The van der Waals surface area contributed by atoms with Gasteiger partial charge in [-0.1, -0.05) is 101 Å². The highest BCUT2D eigenvalue weighted by atomic mass is 19.1. The van der Waals surface area contributed by atoms with E-state index in [4.69, 9.17) is 9.84 Å². The molecule has 2 N–H and O–H groups in total. The van der Waals surface area contributed by atoms with Crippen molar-refractivity contribution in [1.29, 1.82) is 0 Å². The second-order valence-corrected chi connectivity index (χ2v) is 10.8. The molecule has 0 spiro atoms. The zero-order valence-corrected chi connectivity index (χ0v) is 25.3. The van der Waals surface area contributed by atoms with Crippen LogP contribution in [0.25, 0.3) is 21.9 Å². The van der Waals surface area contributed by atoms with Crippen molar-refractivity contribution in [2.24, 2.45) is 0 Å². The van der Waals surface area contributed by atoms with E-state index in [1.807, 2.05) is 36.4 Å². The number of halogens is 1. The lowest BCUT2D eigenvalue weighted by molar-refractivity contribution is 0.0686. The van der Waals surface area contributed by atoms with E-state index in [1.165, 1.54) is 37.8 Å². The molecule has 6 heteroatoms. The van der Waals surface area contributed by atoms with Crippen LogP contribution in [0.2, 0.25) is 0 Å². The average molecular weight is 587 g/mol. The van der Waals surface area contributed by atoms with E-state index in [1.54, 1.807) is 30.3 Å². The molecule has 5 nitrogen and oxygen atoms in total. The third-order valence-corrected chi connectivity index (χ3v) is 7.38. The Balaban J connectivity index is 0.000000321. The lowest BCUT2D eigenvalue weighted by atomic mass is 9.96. The predicted molar refractivity (Wildman–Crippen MR) is 172 cm³/mol. The number of benzene rings is 4. The van der Waals surface area contributed by atoms with Crippen LogP contribution in [0.15, 0.2) is 78.9 Å². The standard InChI is InChI=1S/C26H35FO3.C11H8O2/c1-3-5-7-8-9-11-17-30-21-14-16-23(26(28)29)24(19-21)22-15-13-20(18-25(22)27)12-10-6-4-2;12-11(13)10-6-5-8-3-1-2-4-9(8)7-10/h13-16,18-19H,3-12,17H2,1-2H3,(H,28,29);1-7H,(H,12,13).